The van der Waals surface area contributed by atoms with Gasteiger partial charge in [0.05, 0.1) is 22.9 Å². The monoisotopic (exact) mass is 267 g/mol. The number of fused-ring (bicyclic) bond motifs is 1. The van der Waals surface area contributed by atoms with Gasteiger partial charge in [-0.2, -0.15) is 5.10 Å². The number of para-hydroxylation sites is 2. The van der Waals surface area contributed by atoms with Gasteiger partial charge in [0.2, 0.25) is 0 Å². The third-order valence-electron chi connectivity index (χ3n) is 3.10. The molecule has 0 unspecified atom stereocenters. The van der Waals surface area contributed by atoms with Crippen LogP contribution in [0.15, 0.2) is 48.9 Å². The van der Waals surface area contributed by atoms with Crippen molar-refractivity contribution >= 4 is 11.0 Å². The van der Waals surface area contributed by atoms with Crippen LogP contribution in [0.25, 0.3) is 11.0 Å². The van der Waals surface area contributed by atoms with Crippen LogP contribution in [0.4, 0.5) is 0 Å². The molecule has 0 spiro atoms. The zero-order valence-electron chi connectivity index (χ0n) is 11.2. The van der Waals surface area contributed by atoms with Gasteiger partial charge < -0.3 is 5.32 Å². The predicted molar refractivity (Wildman–Crippen MR) is 78.1 cm³/mol. The maximum Gasteiger partial charge on any atom is 0.0890 e. The molecule has 0 atom stereocenters. The summed E-state index contributed by atoms with van der Waals surface area (Å²) in [4.78, 5) is 8.98. The zero-order valence-corrected chi connectivity index (χ0v) is 11.2. The van der Waals surface area contributed by atoms with E-state index in [0.29, 0.717) is 0 Å². The minimum absolute atomic E-state index is 0.747. The Labute approximate surface area is 117 Å². The Bertz CT molecular complexity index is 663. The number of hydrogen-bond donors (Lipinski definition) is 1. The topological polar surface area (TPSA) is 55.6 Å². The van der Waals surface area contributed by atoms with Gasteiger partial charge in [-0.3, -0.25) is 9.67 Å². The largest absolute Gasteiger partial charge is 0.311 e. The molecule has 0 amide bonds. The average molecular weight is 267 g/mol. The average Bonchev–Trinajstić information content (AvgIpc) is 3.00. The number of rotatable bonds is 6. The molecule has 0 fully saturated rings. The van der Waals surface area contributed by atoms with Gasteiger partial charge in [-0.05, 0) is 31.2 Å². The molecule has 0 aliphatic heterocycles. The van der Waals surface area contributed by atoms with E-state index in [1.54, 1.807) is 6.20 Å². The van der Waals surface area contributed by atoms with Crippen molar-refractivity contribution in [3.8, 4) is 0 Å². The fourth-order valence-electron chi connectivity index (χ4n) is 2.10. The molecule has 5 heteroatoms. The predicted octanol–water partition coefficient (Wildman–Crippen LogP) is 2.01. The van der Waals surface area contributed by atoms with E-state index in [0.717, 1.165) is 42.8 Å². The van der Waals surface area contributed by atoms with E-state index in [-0.39, 0.29) is 0 Å². The molecule has 3 aromatic rings. The molecule has 102 valence electrons. The van der Waals surface area contributed by atoms with E-state index in [4.69, 9.17) is 0 Å². The molecule has 5 nitrogen and oxygen atoms in total. The summed E-state index contributed by atoms with van der Waals surface area (Å²) in [7, 11) is 0. The second-order valence-electron chi connectivity index (χ2n) is 4.65. The zero-order chi connectivity index (χ0) is 13.6. The van der Waals surface area contributed by atoms with Gasteiger partial charge in [0.25, 0.3) is 0 Å². The highest BCUT2D eigenvalue weighted by atomic mass is 15.3. The summed E-state index contributed by atoms with van der Waals surface area (Å²) in [6.07, 6.45) is 6.67. The molecule has 3 rings (SSSR count). The summed E-state index contributed by atoms with van der Waals surface area (Å²) in [6.45, 7) is 2.62. The first-order valence-electron chi connectivity index (χ1n) is 6.80. The fraction of sp³-hybridized carbons (Fsp3) is 0.267. The Balaban J connectivity index is 1.47. The summed E-state index contributed by atoms with van der Waals surface area (Å²) in [6, 6.07) is 9.87. The quantitative estimate of drug-likeness (QED) is 0.694. The molecular weight excluding hydrogens is 250 g/mol. The number of aromatic nitrogens is 4. The van der Waals surface area contributed by atoms with Crippen LogP contribution in [-0.2, 0) is 13.1 Å². The first-order valence-corrected chi connectivity index (χ1v) is 6.80. The van der Waals surface area contributed by atoms with Crippen LogP contribution in [0.2, 0.25) is 0 Å². The molecule has 1 N–H and O–H groups in total. The molecule has 0 saturated heterocycles. The third kappa shape index (κ3) is 3.19. The van der Waals surface area contributed by atoms with Gasteiger partial charge in [-0.25, -0.2) is 4.98 Å². The van der Waals surface area contributed by atoms with E-state index < -0.39 is 0 Å². The van der Waals surface area contributed by atoms with Gasteiger partial charge >= 0.3 is 0 Å². The lowest BCUT2D eigenvalue weighted by Gasteiger charge is -2.05. The van der Waals surface area contributed by atoms with Crippen molar-refractivity contribution < 1.29 is 0 Å². The van der Waals surface area contributed by atoms with Crippen molar-refractivity contribution in [3.05, 3.63) is 54.6 Å². The number of nitrogens with zero attached hydrogens (tertiary/aromatic N) is 4. The SMILES string of the molecule is c1ccc2nc(CNCCCn3cccn3)cnc2c1. The van der Waals surface area contributed by atoms with E-state index in [1.807, 2.05) is 47.4 Å². The maximum absolute atomic E-state index is 4.58. The van der Waals surface area contributed by atoms with Gasteiger partial charge in [0.15, 0.2) is 0 Å². The molecule has 0 bridgehead atoms. The van der Waals surface area contributed by atoms with E-state index in [9.17, 15) is 0 Å². The van der Waals surface area contributed by atoms with Crippen LogP contribution < -0.4 is 5.32 Å². The van der Waals surface area contributed by atoms with Crippen LogP contribution in [-0.4, -0.2) is 26.3 Å². The van der Waals surface area contributed by atoms with E-state index in [1.165, 1.54) is 0 Å². The molecule has 0 aliphatic carbocycles. The van der Waals surface area contributed by atoms with Crippen molar-refractivity contribution in [2.75, 3.05) is 6.54 Å². The van der Waals surface area contributed by atoms with Gasteiger partial charge in [-0.15, -0.1) is 0 Å². The Morgan fingerprint density at radius 3 is 2.85 bits per heavy atom. The Morgan fingerprint density at radius 2 is 2.00 bits per heavy atom. The van der Waals surface area contributed by atoms with Crippen LogP contribution >= 0.6 is 0 Å². The molecule has 0 radical (unpaired) electrons. The third-order valence-corrected chi connectivity index (χ3v) is 3.10. The minimum Gasteiger partial charge on any atom is -0.311 e. The molecule has 0 saturated carbocycles. The first kappa shape index (κ1) is 12.7. The second-order valence-corrected chi connectivity index (χ2v) is 4.65. The Hall–Kier alpha value is -2.27. The number of benzene rings is 1. The normalized spacial score (nSPS) is 11.0. The number of nitrogens with one attached hydrogen (secondary N) is 1. The molecule has 0 aliphatic rings. The van der Waals surface area contributed by atoms with Crippen LogP contribution in [0.3, 0.4) is 0 Å². The molecule has 20 heavy (non-hydrogen) atoms. The first-order chi connectivity index (χ1) is 9.92. The molecule has 2 heterocycles. The number of aryl methyl sites for hydroxylation is 1. The van der Waals surface area contributed by atoms with Crippen molar-refractivity contribution in [1.82, 2.24) is 25.1 Å². The van der Waals surface area contributed by atoms with Crippen molar-refractivity contribution in [1.29, 1.82) is 0 Å². The van der Waals surface area contributed by atoms with Crippen LogP contribution in [0.1, 0.15) is 12.1 Å². The second kappa shape index (κ2) is 6.25. The van der Waals surface area contributed by atoms with Gasteiger partial charge in [-0.1, -0.05) is 12.1 Å². The summed E-state index contributed by atoms with van der Waals surface area (Å²) in [5.74, 6) is 0. The van der Waals surface area contributed by atoms with Crippen molar-refractivity contribution in [2.24, 2.45) is 0 Å². The minimum atomic E-state index is 0.747. The number of hydrogen-bond acceptors (Lipinski definition) is 4. The molecular formula is C15H17N5. The van der Waals surface area contributed by atoms with Crippen LogP contribution in [0, 0.1) is 0 Å². The van der Waals surface area contributed by atoms with Crippen LogP contribution in [0.5, 0.6) is 0 Å². The lowest BCUT2D eigenvalue weighted by atomic mass is 10.3. The fourth-order valence-corrected chi connectivity index (χ4v) is 2.10. The Morgan fingerprint density at radius 1 is 1.10 bits per heavy atom. The smallest absolute Gasteiger partial charge is 0.0890 e. The molecule has 2 aromatic heterocycles. The van der Waals surface area contributed by atoms with Gasteiger partial charge in [0, 0.05) is 25.5 Å². The van der Waals surface area contributed by atoms with Crippen molar-refractivity contribution in [3.63, 3.8) is 0 Å². The van der Waals surface area contributed by atoms with E-state index in [2.05, 4.69) is 20.4 Å². The van der Waals surface area contributed by atoms with Gasteiger partial charge in [0.1, 0.15) is 0 Å². The summed E-state index contributed by atoms with van der Waals surface area (Å²) in [5, 5.41) is 7.56. The summed E-state index contributed by atoms with van der Waals surface area (Å²) < 4.78 is 1.94. The maximum atomic E-state index is 4.58. The highest BCUT2D eigenvalue weighted by Gasteiger charge is 1.99. The van der Waals surface area contributed by atoms with Crippen molar-refractivity contribution in [2.45, 2.75) is 19.5 Å². The summed E-state index contributed by atoms with van der Waals surface area (Å²) >= 11 is 0. The standard InChI is InChI=1S/C15H17N5/c1-2-6-15-14(5-1)17-12-13(19-15)11-16-7-3-9-20-10-4-8-18-20/h1-2,4-6,8,10,12,16H,3,7,9,11H2. The summed E-state index contributed by atoms with van der Waals surface area (Å²) in [5.41, 5.74) is 2.86. The lowest BCUT2D eigenvalue weighted by molar-refractivity contribution is 0.541. The highest BCUT2D eigenvalue weighted by Crippen LogP contribution is 2.08. The highest BCUT2D eigenvalue weighted by molar-refractivity contribution is 5.73. The Kier molecular flexibility index (Phi) is 3.99. The lowest BCUT2D eigenvalue weighted by Crippen LogP contribution is -2.17. The van der Waals surface area contributed by atoms with E-state index >= 15 is 0 Å². The molecule has 1 aromatic carbocycles.